The van der Waals surface area contributed by atoms with Crippen LogP contribution in [0.4, 0.5) is 14.5 Å². The number of nitrogens with one attached hydrogen (secondary N) is 1. The predicted molar refractivity (Wildman–Crippen MR) is 90.6 cm³/mol. The molecule has 0 bridgehead atoms. The van der Waals surface area contributed by atoms with Crippen LogP contribution in [0.15, 0.2) is 29.9 Å². The van der Waals surface area contributed by atoms with E-state index in [0.717, 1.165) is 24.2 Å². The van der Waals surface area contributed by atoms with Crippen molar-refractivity contribution in [3.63, 3.8) is 0 Å². The fourth-order valence-electron chi connectivity index (χ4n) is 2.65. The number of thiazole rings is 1. The third kappa shape index (κ3) is 3.05. The van der Waals surface area contributed by atoms with E-state index in [2.05, 4.69) is 15.4 Å². The van der Waals surface area contributed by atoms with Crippen LogP contribution in [0.3, 0.4) is 0 Å². The Morgan fingerprint density at radius 3 is 2.84 bits per heavy atom. The molecule has 4 rings (SSSR count). The molecule has 25 heavy (non-hydrogen) atoms. The number of carbonyl (C=O) groups is 1. The maximum atomic E-state index is 14.7. The standard InChI is InChI=1S/C17H14F2N4OS/c1-23-7-10(6-20-23)21-16(24)13-8-25-17(22-13)14-12(18)5-4-11(15(14)19)9-2-3-9/h4-9H,2-3H2,1H3,(H,21,24). The van der Waals surface area contributed by atoms with E-state index in [4.69, 9.17) is 0 Å². The van der Waals surface area contributed by atoms with Crippen molar-refractivity contribution < 1.29 is 13.6 Å². The Hall–Kier alpha value is -2.61. The molecule has 2 heterocycles. The zero-order valence-electron chi connectivity index (χ0n) is 13.3. The number of aromatic nitrogens is 3. The molecule has 0 radical (unpaired) electrons. The highest BCUT2D eigenvalue weighted by Gasteiger charge is 2.30. The number of benzene rings is 1. The summed E-state index contributed by atoms with van der Waals surface area (Å²) >= 11 is 1.04. The summed E-state index contributed by atoms with van der Waals surface area (Å²) in [5, 5.41) is 8.25. The molecule has 0 spiro atoms. The summed E-state index contributed by atoms with van der Waals surface area (Å²) in [6.45, 7) is 0. The van der Waals surface area contributed by atoms with Gasteiger partial charge in [0.15, 0.2) is 0 Å². The zero-order valence-corrected chi connectivity index (χ0v) is 14.1. The first-order valence-electron chi connectivity index (χ1n) is 7.76. The summed E-state index contributed by atoms with van der Waals surface area (Å²) in [7, 11) is 1.73. The Bertz CT molecular complexity index is 961. The Morgan fingerprint density at radius 2 is 2.16 bits per heavy atom. The van der Waals surface area contributed by atoms with Gasteiger partial charge in [-0.1, -0.05) is 6.07 Å². The van der Waals surface area contributed by atoms with Crippen LogP contribution in [0.5, 0.6) is 0 Å². The van der Waals surface area contributed by atoms with Crippen LogP contribution in [0, 0.1) is 11.6 Å². The maximum absolute atomic E-state index is 14.7. The Kier molecular flexibility index (Phi) is 3.84. The molecular weight excluding hydrogens is 346 g/mol. The molecule has 5 nitrogen and oxygen atoms in total. The predicted octanol–water partition coefficient (Wildman–Crippen LogP) is 3.95. The summed E-state index contributed by atoms with van der Waals surface area (Å²) in [5.41, 5.74) is 0.998. The lowest BCUT2D eigenvalue weighted by atomic mass is 10.1. The largest absolute Gasteiger partial charge is 0.318 e. The molecule has 1 aliphatic rings. The fraction of sp³-hybridized carbons (Fsp3) is 0.235. The summed E-state index contributed by atoms with van der Waals surface area (Å²) in [6, 6.07) is 2.76. The van der Waals surface area contributed by atoms with Gasteiger partial charge in [-0.2, -0.15) is 5.10 Å². The second-order valence-corrected chi connectivity index (χ2v) is 6.85. The summed E-state index contributed by atoms with van der Waals surface area (Å²) in [6.07, 6.45) is 4.98. The van der Waals surface area contributed by atoms with E-state index in [1.165, 1.54) is 23.7 Å². The first-order valence-corrected chi connectivity index (χ1v) is 8.64. The Labute approximate surface area is 146 Å². The van der Waals surface area contributed by atoms with Crippen molar-refractivity contribution in [2.75, 3.05) is 5.32 Å². The Morgan fingerprint density at radius 1 is 1.36 bits per heavy atom. The molecule has 1 saturated carbocycles. The molecule has 128 valence electrons. The lowest BCUT2D eigenvalue weighted by Gasteiger charge is -2.06. The van der Waals surface area contributed by atoms with Gasteiger partial charge in [0.1, 0.15) is 22.3 Å². The highest BCUT2D eigenvalue weighted by molar-refractivity contribution is 7.13. The van der Waals surface area contributed by atoms with E-state index in [1.807, 2.05) is 0 Å². The molecule has 0 unspecified atom stereocenters. The van der Waals surface area contributed by atoms with E-state index >= 15 is 0 Å². The number of aryl methyl sites for hydroxylation is 1. The number of carbonyl (C=O) groups excluding carboxylic acids is 1. The van der Waals surface area contributed by atoms with E-state index in [9.17, 15) is 13.6 Å². The summed E-state index contributed by atoms with van der Waals surface area (Å²) in [4.78, 5) is 16.4. The molecule has 2 aromatic heterocycles. The molecule has 8 heteroatoms. The second-order valence-electron chi connectivity index (χ2n) is 5.99. The van der Waals surface area contributed by atoms with Gasteiger partial charge in [-0.15, -0.1) is 11.3 Å². The first-order chi connectivity index (χ1) is 12.0. The highest BCUT2D eigenvalue weighted by atomic mass is 32.1. The van der Waals surface area contributed by atoms with Gasteiger partial charge in [-0.05, 0) is 30.4 Å². The molecule has 3 aromatic rings. The number of rotatable bonds is 4. The lowest BCUT2D eigenvalue weighted by molar-refractivity contribution is 0.102. The van der Waals surface area contributed by atoms with Crippen molar-refractivity contribution in [1.82, 2.24) is 14.8 Å². The van der Waals surface area contributed by atoms with Gasteiger partial charge in [0.2, 0.25) is 0 Å². The first kappa shape index (κ1) is 15.9. The van der Waals surface area contributed by atoms with Gasteiger partial charge in [0, 0.05) is 18.6 Å². The van der Waals surface area contributed by atoms with Gasteiger partial charge in [-0.3, -0.25) is 9.48 Å². The van der Waals surface area contributed by atoms with E-state index in [-0.39, 0.29) is 22.2 Å². The zero-order chi connectivity index (χ0) is 17.6. The smallest absolute Gasteiger partial charge is 0.275 e. The fourth-order valence-corrected chi connectivity index (χ4v) is 3.49. The Balaban J connectivity index is 1.63. The van der Waals surface area contributed by atoms with Gasteiger partial charge < -0.3 is 5.32 Å². The monoisotopic (exact) mass is 360 g/mol. The quantitative estimate of drug-likeness (QED) is 0.766. The molecular formula is C17H14F2N4OS. The number of amides is 1. The van der Waals surface area contributed by atoms with E-state index in [1.54, 1.807) is 17.9 Å². The minimum absolute atomic E-state index is 0.111. The number of hydrogen-bond acceptors (Lipinski definition) is 4. The SMILES string of the molecule is Cn1cc(NC(=O)c2csc(-c3c(F)ccc(C4CC4)c3F)n2)cn1. The molecule has 1 amide bonds. The van der Waals surface area contributed by atoms with Crippen molar-refractivity contribution in [1.29, 1.82) is 0 Å². The number of halogens is 2. The molecule has 1 fully saturated rings. The molecule has 1 aliphatic carbocycles. The average Bonchev–Trinajstić information content (AvgIpc) is 3.14. The lowest BCUT2D eigenvalue weighted by Crippen LogP contribution is -2.11. The molecule has 0 atom stereocenters. The highest BCUT2D eigenvalue weighted by Crippen LogP contribution is 2.44. The van der Waals surface area contributed by atoms with E-state index < -0.39 is 17.5 Å². The van der Waals surface area contributed by atoms with Gasteiger partial charge in [0.25, 0.3) is 5.91 Å². The topological polar surface area (TPSA) is 59.8 Å². The van der Waals surface area contributed by atoms with Gasteiger partial charge >= 0.3 is 0 Å². The third-order valence-corrected chi connectivity index (χ3v) is 4.91. The molecule has 1 N–H and O–H groups in total. The van der Waals surface area contributed by atoms with Crippen LogP contribution in [0.2, 0.25) is 0 Å². The van der Waals surface area contributed by atoms with Crippen LogP contribution >= 0.6 is 11.3 Å². The molecule has 0 saturated heterocycles. The van der Waals surface area contributed by atoms with Gasteiger partial charge in [-0.25, -0.2) is 13.8 Å². The second kappa shape index (κ2) is 6.03. The molecule has 0 aliphatic heterocycles. The van der Waals surface area contributed by atoms with Crippen LogP contribution in [0.25, 0.3) is 10.6 Å². The van der Waals surface area contributed by atoms with Crippen molar-refractivity contribution in [3.8, 4) is 10.6 Å². The average molecular weight is 360 g/mol. The van der Waals surface area contributed by atoms with Crippen LogP contribution in [-0.2, 0) is 7.05 Å². The number of nitrogens with zero attached hydrogens (tertiary/aromatic N) is 3. The molecule has 1 aromatic carbocycles. The maximum Gasteiger partial charge on any atom is 0.275 e. The summed E-state index contributed by atoms with van der Waals surface area (Å²) in [5.74, 6) is -1.53. The van der Waals surface area contributed by atoms with Crippen LogP contribution in [-0.4, -0.2) is 20.7 Å². The normalized spacial score (nSPS) is 13.9. The minimum atomic E-state index is -0.671. The van der Waals surface area contributed by atoms with Crippen molar-refractivity contribution >= 4 is 22.9 Å². The minimum Gasteiger partial charge on any atom is -0.318 e. The van der Waals surface area contributed by atoms with Gasteiger partial charge in [0.05, 0.1) is 17.4 Å². The van der Waals surface area contributed by atoms with Crippen molar-refractivity contribution in [3.05, 3.63) is 52.8 Å². The van der Waals surface area contributed by atoms with Crippen LogP contribution < -0.4 is 5.32 Å². The van der Waals surface area contributed by atoms with Crippen molar-refractivity contribution in [2.45, 2.75) is 18.8 Å². The van der Waals surface area contributed by atoms with Crippen LogP contribution in [0.1, 0.15) is 34.8 Å². The summed E-state index contributed by atoms with van der Waals surface area (Å²) < 4.78 is 30.4. The van der Waals surface area contributed by atoms with E-state index in [0.29, 0.717) is 11.3 Å². The van der Waals surface area contributed by atoms with Crippen molar-refractivity contribution in [2.24, 2.45) is 7.05 Å². The number of anilines is 1. The third-order valence-electron chi connectivity index (χ3n) is 4.05. The number of hydrogen-bond donors (Lipinski definition) is 1.